The van der Waals surface area contributed by atoms with Gasteiger partial charge in [-0.2, -0.15) is 0 Å². The van der Waals surface area contributed by atoms with Crippen molar-refractivity contribution in [2.75, 3.05) is 23.8 Å². The zero-order valence-corrected chi connectivity index (χ0v) is 15.5. The highest BCUT2D eigenvalue weighted by Gasteiger charge is 2.29. The molecule has 28 heavy (non-hydrogen) atoms. The van der Waals surface area contributed by atoms with Crippen molar-refractivity contribution in [3.05, 3.63) is 36.4 Å². The topological polar surface area (TPSA) is 99.2 Å². The van der Waals surface area contributed by atoms with Gasteiger partial charge in [-0.1, -0.05) is 19.3 Å². The molecule has 0 saturated heterocycles. The molecule has 8 nitrogen and oxygen atoms in total. The molecule has 0 aromatic carbocycles. The normalized spacial score (nSPS) is 18.0. The van der Waals surface area contributed by atoms with Gasteiger partial charge in [0.25, 0.3) is 5.91 Å². The summed E-state index contributed by atoms with van der Waals surface area (Å²) in [5.74, 6) is 0.0929. The monoisotopic (exact) mass is 378 g/mol. The van der Waals surface area contributed by atoms with E-state index in [1.165, 1.54) is 38.4 Å². The molecule has 5 rings (SSSR count). The van der Waals surface area contributed by atoms with Gasteiger partial charge in [-0.05, 0) is 25.0 Å². The molecule has 2 N–H and O–H groups in total. The van der Waals surface area contributed by atoms with Crippen LogP contribution in [0.4, 0.5) is 11.5 Å². The molecule has 0 spiro atoms. The maximum Gasteiger partial charge on any atom is 0.267 e. The van der Waals surface area contributed by atoms with Crippen LogP contribution in [0.5, 0.6) is 5.88 Å². The second kappa shape index (κ2) is 6.78. The van der Waals surface area contributed by atoms with Crippen LogP contribution in [0.1, 0.15) is 48.5 Å². The fourth-order valence-electron chi connectivity index (χ4n) is 4.24. The molecule has 0 bridgehead atoms. The molecule has 2 aliphatic rings. The number of nitrogens with zero attached hydrogens (tertiary/aromatic N) is 5. The van der Waals surface area contributed by atoms with Gasteiger partial charge in [0.05, 0.1) is 18.4 Å². The number of pyridine rings is 1. The fraction of sp³-hybridized carbons (Fsp3) is 0.400. The molecular weight excluding hydrogens is 356 g/mol. The lowest BCUT2D eigenvalue weighted by molar-refractivity contribution is 0.0990. The number of hydrogen-bond acceptors (Lipinski definition) is 6. The highest BCUT2D eigenvalue weighted by Crippen LogP contribution is 2.33. The van der Waals surface area contributed by atoms with Crippen LogP contribution < -0.4 is 15.4 Å². The van der Waals surface area contributed by atoms with E-state index >= 15 is 0 Å². The van der Waals surface area contributed by atoms with Crippen molar-refractivity contribution < 1.29 is 9.53 Å². The van der Waals surface area contributed by atoms with Gasteiger partial charge in [-0.3, -0.25) is 4.79 Å². The Bertz CT molecular complexity index is 1040. The van der Waals surface area contributed by atoms with E-state index in [1.54, 1.807) is 11.1 Å². The first kappa shape index (κ1) is 17.0. The van der Waals surface area contributed by atoms with Crippen molar-refractivity contribution in [3.8, 4) is 5.88 Å². The summed E-state index contributed by atoms with van der Waals surface area (Å²) in [5, 5.41) is 1.03. The predicted octanol–water partition coefficient (Wildman–Crippen LogP) is 2.95. The van der Waals surface area contributed by atoms with Crippen molar-refractivity contribution in [2.24, 2.45) is 0 Å². The summed E-state index contributed by atoms with van der Waals surface area (Å²) in [6.45, 7) is 0.724. The average molecular weight is 378 g/mol. The van der Waals surface area contributed by atoms with Crippen LogP contribution in [0.2, 0.25) is 0 Å². The van der Waals surface area contributed by atoms with E-state index in [-0.39, 0.29) is 23.2 Å². The fourth-order valence-corrected chi connectivity index (χ4v) is 4.24. The van der Waals surface area contributed by atoms with Crippen LogP contribution in [0.25, 0.3) is 11.0 Å². The summed E-state index contributed by atoms with van der Waals surface area (Å²) in [6.07, 6.45) is 11.4. The van der Waals surface area contributed by atoms with Gasteiger partial charge >= 0.3 is 0 Å². The predicted molar refractivity (Wildman–Crippen MR) is 105 cm³/mol. The average Bonchev–Trinajstić information content (AvgIpc) is 3.06. The quantitative estimate of drug-likeness (QED) is 0.736. The zero-order valence-electron chi connectivity index (χ0n) is 15.5. The number of carbonyl (C=O) groups is 1. The highest BCUT2D eigenvalue weighted by molar-refractivity contribution is 6.11. The van der Waals surface area contributed by atoms with Crippen LogP contribution in [0.3, 0.4) is 0 Å². The molecule has 0 atom stereocenters. The maximum atomic E-state index is 13.1. The molecule has 1 saturated carbocycles. The van der Waals surface area contributed by atoms with Crippen LogP contribution in [-0.2, 0) is 0 Å². The van der Waals surface area contributed by atoms with Crippen molar-refractivity contribution in [3.63, 3.8) is 0 Å². The smallest absolute Gasteiger partial charge is 0.267 e. The van der Waals surface area contributed by atoms with Crippen molar-refractivity contribution >= 4 is 28.4 Å². The van der Waals surface area contributed by atoms with E-state index < -0.39 is 0 Å². The first-order valence-electron chi connectivity index (χ1n) is 9.74. The molecular formula is C20H22N6O2. The van der Waals surface area contributed by atoms with E-state index in [2.05, 4.69) is 26.8 Å². The Morgan fingerprint density at radius 2 is 2.00 bits per heavy atom. The molecule has 1 fully saturated rings. The number of nitrogens with two attached hydrogens (primary N) is 1. The molecule has 3 aromatic heterocycles. The second-order valence-corrected chi connectivity index (χ2v) is 7.37. The number of aromatic nitrogens is 4. The van der Waals surface area contributed by atoms with E-state index in [1.807, 2.05) is 6.07 Å². The van der Waals surface area contributed by atoms with E-state index in [9.17, 15) is 4.79 Å². The Labute approximate surface area is 162 Å². The number of ether oxygens (including phenoxy) is 1. The van der Waals surface area contributed by atoms with Gasteiger partial charge in [-0.15, -0.1) is 0 Å². The van der Waals surface area contributed by atoms with Crippen LogP contribution in [0, 0.1) is 0 Å². The van der Waals surface area contributed by atoms with Crippen molar-refractivity contribution in [1.29, 1.82) is 0 Å². The Balaban J connectivity index is 1.51. The van der Waals surface area contributed by atoms with Gasteiger partial charge in [0.2, 0.25) is 5.88 Å². The molecule has 8 heteroatoms. The van der Waals surface area contributed by atoms with Gasteiger partial charge in [0.1, 0.15) is 30.0 Å². The number of amides is 1. The summed E-state index contributed by atoms with van der Waals surface area (Å²) < 4.78 is 7.89. The number of nitrogen functional groups attached to an aromatic ring is 1. The maximum absolute atomic E-state index is 13.1. The molecule has 4 heterocycles. The molecule has 1 aliphatic heterocycles. The summed E-state index contributed by atoms with van der Waals surface area (Å²) in [7, 11) is 0. The molecule has 0 radical (unpaired) electrons. The van der Waals surface area contributed by atoms with Crippen molar-refractivity contribution in [2.45, 2.75) is 38.1 Å². The van der Waals surface area contributed by atoms with E-state index in [0.29, 0.717) is 19.2 Å². The Morgan fingerprint density at radius 3 is 2.86 bits per heavy atom. The molecule has 0 unspecified atom stereocenters. The SMILES string of the molecule is Nc1ncnc2c1C(=O)N(c1cnc3c(ccn3C3CCCCC3)c1)CCO2. The lowest BCUT2D eigenvalue weighted by Gasteiger charge is -2.24. The molecule has 1 amide bonds. The number of hydrogen-bond donors (Lipinski definition) is 1. The highest BCUT2D eigenvalue weighted by atomic mass is 16.5. The third kappa shape index (κ3) is 2.76. The first-order valence-corrected chi connectivity index (χ1v) is 9.74. The summed E-state index contributed by atoms with van der Waals surface area (Å²) in [5.41, 5.74) is 7.82. The number of fused-ring (bicyclic) bond motifs is 2. The molecule has 3 aromatic rings. The Morgan fingerprint density at radius 1 is 1.14 bits per heavy atom. The van der Waals surface area contributed by atoms with Crippen LogP contribution in [0.15, 0.2) is 30.9 Å². The zero-order chi connectivity index (χ0) is 19.1. The Kier molecular flexibility index (Phi) is 4.11. The van der Waals surface area contributed by atoms with E-state index in [0.717, 1.165) is 16.7 Å². The molecule has 1 aliphatic carbocycles. The minimum Gasteiger partial charge on any atom is -0.475 e. The van der Waals surface area contributed by atoms with Crippen LogP contribution in [-0.4, -0.2) is 38.6 Å². The number of carbonyl (C=O) groups excluding carboxylic acids is 1. The van der Waals surface area contributed by atoms with Gasteiger partial charge in [0.15, 0.2) is 0 Å². The summed E-state index contributed by atoms with van der Waals surface area (Å²) in [4.78, 5) is 27.4. The number of anilines is 2. The first-order chi connectivity index (χ1) is 13.7. The van der Waals surface area contributed by atoms with E-state index in [4.69, 9.17) is 15.5 Å². The van der Waals surface area contributed by atoms with Crippen molar-refractivity contribution in [1.82, 2.24) is 19.5 Å². The largest absolute Gasteiger partial charge is 0.475 e. The van der Waals surface area contributed by atoms with Gasteiger partial charge < -0.3 is 19.9 Å². The number of rotatable bonds is 2. The molecule has 144 valence electrons. The van der Waals surface area contributed by atoms with Gasteiger partial charge in [0, 0.05) is 17.6 Å². The minimum absolute atomic E-state index is 0.124. The summed E-state index contributed by atoms with van der Waals surface area (Å²) >= 11 is 0. The minimum atomic E-state index is -0.265. The second-order valence-electron chi connectivity index (χ2n) is 7.37. The third-order valence-corrected chi connectivity index (χ3v) is 5.67. The Hall–Kier alpha value is -3.16. The van der Waals surface area contributed by atoms with Crippen LogP contribution >= 0.6 is 0 Å². The van der Waals surface area contributed by atoms with Gasteiger partial charge in [-0.25, -0.2) is 15.0 Å². The standard InChI is InChI=1S/C20H22N6O2/c21-17-16-19(24-12-23-17)28-9-8-26(20(16)27)15-10-13-6-7-25(18(13)22-11-15)14-4-2-1-3-5-14/h6-7,10-12,14H,1-5,8-9H2,(H2,21,23,24). The third-order valence-electron chi connectivity index (χ3n) is 5.67. The lowest BCUT2D eigenvalue weighted by Crippen LogP contribution is -2.32. The lowest BCUT2D eigenvalue weighted by atomic mass is 9.95. The summed E-state index contributed by atoms with van der Waals surface area (Å²) in [6, 6.07) is 4.59.